The molecule has 4 aliphatic carbocycles. The Morgan fingerprint density at radius 2 is 1.83 bits per heavy atom. The maximum absolute atomic E-state index is 10.7. The lowest BCUT2D eigenvalue weighted by Crippen LogP contribution is -2.37. The van der Waals surface area contributed by atoms with Crippen molar-refractivity contribution in [1.82, 2.24) is 0 Å². The summed E-state index contributed by atoms with van der Waals surface area (Å²) in [6.07, 6.45) is 14.0. The second-order valence-electron chi connectivity index (χ2n) is 11.1. The van der Waals surface area contributed by atoms with Gasteiger partial charge in [-0.3, -0.25) is 0 Å². The summed E-state index contributed by atoms with van der Waals surface area (Å²) < 4.78 is 45.9. The molecule has 5 atom stereocenters. The summed E-state index contributed by atoms with van der Waals surface area (Å²) in [4.78, 5) is 0. The van der Waals surface area contributed by atoms with Crippen LogP contribution >= 0.6 is 0 Å². The Kier molecular flexibility index (Phi) is 4.48. The molecule has 4 fully saturated rings. The predicted octanol–water partition coefficient (Wildman–Crippen LogP) is 5.68. The summed E-state index contributed by atoms with van der Waals surface area (Å²) >= 11 is 0. The van der Waals surface area contributed by atoms with Crippen LogP contribution in [0.5, 0.6) is 0 Å². The average Bonchev–Trinajstić information content (AvgIpc) is 3.42. The zero-order chi connectivity index (χ0) is 26.6. The summed E-state index contributed by atoms with van der Waals surface area (Å²) in [7, 11) is 0. The number of fused-ring (bicyclic) bond motifs is 1. The lowest BCUT2D eigenvalue weighted by atomic mass is 9.59. The normalized spacial score (nSPS) is 45.1. The lowest BCUT2D eigenvalue weighted by Gasteiger charge is -2.45. The standard InChI is InChI=1S/C27H44O3/c1-25(2,30)11-5-13-27(14-15-27)24-10-9-23-20(6-4-12-26(23,24)3)8-7-19-16-21(28)18-22(29)17-19/h7-8,21-24,28-30H,4-6,9-18H2,1-3H3/t21-,22?,23?,24?,26+/m1/s1/i1D3,2D3. The molecule has 0 spiro atoms. The van der Waals surface area contributed by atoms with Gasteiger partial charge in [0.25, 0.3) is 0 Å². The van der Waals surface area contributed by atoms with E-state index in [4.69, 9.17) is 8.22 Å². The van der Waals surface area contributed by atoms with E-state index in [0.29, 0.717) is 37.5 Å². The molecule has 0 radical (unpaired) electrons. The van der Waals surface area contributed by atoms with Crippen molar-refractivity contribution in [2.24, 2.45) is 22.7 Å². The van der Waals surface area contributed by atoms with Crippen LogP contribution in [0.4, 0.5) is 0 Å². The fourth-order valence-corrected chi connectivity index (χ4v) is 7.41. The summed E-state index contributed by atoms with van der Waals surface area (Å²) in [5.74, 6) is 1.03. The van der Waals surface area contributed by atoms with Gasteiger partial charge in [0.2, 0.25) is 0 Å². The number of hydrogen-bond acceptors (Lipinski definition) is 3. The van der Waals surface area contributed by atoms with E-state index in [1.165, 1.54) is 12.0 Å². The van der Waals surface area contributed by atoms with Crippen LogP contribution in [0.1, 0.15) is 112 Å². The van der Waals surface area contributed by atoms with Gasteiger partial charge in [0.15, 0.2) is 0 Å². The monoisotopic (exact) mass is 422 g/mol. The Morgan fingerprint density at radius 1 is 1.10 bits per heavy atom. The summed E-state index contributed by atoms with van der Waals surface area (Å²) in [5, 5.41) is 30.7. The minimum Gasteiger partial charge on any atom is -0.393 e. The summed E-state index contributed by atoms with van der Waals surface area (Å²) in [6, 6.07) is 0. The van der Waals surface area contributed by atoms with E-state index in [2.05, 4.69) is 19.1 Å². The number of hydrogen-bond donors (Lipinski definition) is 3. The quantitative estimate of drug-likeness (QED) is 0.516. The lowest BCUT2D eigenvalue weighted by molar-refractivity contribution is 0.0520. The second kappa shape index (κ2) is 8.37. The Bertz CT molecular complexity index is 846. The first kappa shape index (κ1) is 16.0. The number of aliphatic hydroxyl groups excluding tert-OH is 2. The molecule has 3 unspecified atom stereocenters. The van der Waals surface area contributed by atoms with Crippen LogP contribution in [-0.4, -0.2) is 33.1 Å². The van der Waals surface area contributed by atoms with E-state index in [-0.39, 0.29) is 17.3 Å². The molecule has 3 heteroatoms. The first-order valence-corrected chi connectivity index (χ1v) is 12.1. The highest BCUT2D eigenvalue weighted by Crippen LogP contribution is 2.70. The molecular formula is C27H44O3. The van der Waals surface area contributed by atoms with Gasteiger partial charge in [0.05, 0.1) is 17.8 Å². The molecule has 3 nitrogen and oxygen atoms in total. The van der Waals surface area contributed by atoms with E-state index >= 15 is 0 Å². The molecule has 4 saturated carbocycles. The van der Waals surface area contributed by atoms with Gasteiger partial charge in [-0.1, -0.05) is 36.6 Å². The number of rotatable bonds is 6. The summed E-state index contributed by atoms with van der Waals surface area (Å²) in [5.41, 5.74) is 0.238. The SMILES string of the molecule is [2H]C([2H])([2H])C(O)(CCCC1(C2CCC3C(=CC=C4CC(O)C[C@H](O)C4)CCC[C@@]32C)CC1)C([2H])([2H])[2H]. The molecule has 0 heterocycles. The fourth-order valence-electron chi connectivity index (χ4n) is 7.41. The Morgan fingerprint density at radius 3 is 2.50 bits per heavy atom. The Labute approximate surface area is 192 Å². The molecule has 0 aliphatic heterocycles. The van der Waals surface area contributed by atoms with Gasteiger partial charge < -0.3 is 15.3 Å². The molecule has 0 aromatic heterocycles. The molecule has 170 valence electrons. The summed E-state index contributed by atoms with van der Waals surface area (Å²) in [6.45, 7) is -3.46. The van der Waals surface area contributed by atoms with Gasteiger partial charge in [-0.15, -0.1) is 0 Å². The topological polar surface area (TPSA) is 60.7 Å². The van der Waals surface area contributed by atoms with Crippen molar-refractivity contribution in [3.63, 3.8) is 0 Å². The highest BCUT2D eigenvalue weighted by molar-refractivity contribution is 5.27. The van der Waals surface area contributed by atoms with Crippen LogP contribution in [0, 0.1) is 22.7 Å². The van der Waals surface area contributed by atoms with Crippen molar-refractivity contribution < 1.29 is 23.5 Å². The van der Waals surface area contributed by atoms with Crippen molar-refractivity contribution >= 4 is 0 Å². The van der Waals surface area contributed by atoms with Crippen molar-refractivity contribution in [3.8, 4) is 0 Å². The highest BCUT2D eigenvalue weighted by Gasteiger charge is 2.60. The molecule has 0 aromatic rings. The first-order valence-electron chi connectivity index (χ1n) is 15.1. The van der Waals surface area contributed by atoms with E-state index in [1.807, 2.05) is 0 Å². The number of allylic oxidation sites excluding steroid dienone is 3. The van der Waals surface area contributed by atoms with Gasteiger partial charge in [-0.05, 0) is 113 Å². The van der Waals surface area contributed by atoms with Gasteiger partial charge in [-0.25, -0.2) is 0 Å². The molecule has 3 N–H and O–H groups in total. The smallest absolute Gasteiger partial charge is 0.0602 e. The van der Waals surface area contributed by atoms with E-state index in [9.17, 15) is 15.3 Å². The third kappa shape index (κ3) is 4.74. The van der Waals surface area contributed by atoms with Crippen LogP contribution in [-0.2, 0) is 0 Å². The minimum absolute atomic E-state index is 0.131. The third-order valence-electron chi connectivity index (χ3n) is 8.88. The van der Waals surface area contributed by atoms with Crippen LogP contribution in [0.15, 0.2) is 23.3 Å². The van der Waals surface area contributed by atoms with Crippen LogP contribution in [0.3, 0.4) is 0 Å². The van der Waals surface area contributed by atoms with Crippen molar-refractivity contribution in [3.05, 3.63) is 23.3 Å². The molecule has 0 bridgehead atoms. The van der Waals surface area contributed by atoms with Gasteiger partial charge >= 0.3 is 0 Å². The Hall–Kier alpha value is -0.640. The maximum atomic E-state index is 10.7. The molecular weight excluding hydrogens is 372 g/mol. The Balaban J connectivity index is 1.45. The predicted molar refractivity (Wildman–Crippen MR) is 122 cm³/mol. The van der Waals surface area contributed by atoms with E-state index in [0.717, 1.165) is 50.5 Å². The highest BCUT2D eigenvalue weighted by atomic mass is 16.3. The first-order chi connectivity index (χ1) is 16.6. The molecule has 0 saturated heterocycles. The van der Waals surface area contributed by atoms with Crippen molar-refractivity contribution in [2.75, 3.05) is 0 Å². The van der Waals surface area contributed by atoms with Crippen molar-refractivity contribution in [1.29, 1.82) is 0 Å². The van der Waals surface area contributed by atoms with E-state index in [1.54, 1.807) is 0 Å². The van der Waals surface area contributed by atoms with E-state index < -0.39 is 31.5 Å². The van der Waals surface area contributed by atoms with Crippen LogP contribution in [0.25, 0.3) is 0 Å². The zero-order valence-electron chi connectivity index (χ0n) is 24.5. The molecule has 0 aromatic carbocycles. The van der Waals surface area contributed by atoms with Crippen molar-refractivity contribution in [2.45, 2.75) is 122 Å². The average molecular weight is 423 g/mol. The van der Waals surface area contributed by atoms with Gasteiger partial charge in [0, 0.05) is 8.22 Å². The van der Waals surface area contributed by atoms with Gasteiger partial charge in [-0.2, -0.15) is 0 Å². The molecule has 4 aliphatic rings. The minimum atomic E-state index is -2.94. The molecule has 30 heavy (non-hydrogen) atoms. The van der Waals surface area contributed by atoms with Crippen LogP contribution < -0.4 is 0 Å². The second-order valence-corrected chi connectivity index (χ2v) is 11.1. The fraction of sp³-hybridized carbons (Fsp3) is 0.852. The van der Waals surface area contributed by atoms with Crippen LogP contribution in [0.2, 0.25) is 0 Å². The largest absolute Gasteiger partial charge is 0.393 e. The van der Waals surface area contributed by atoms with Gasteiger partial charge in [0.1, 0.15) is 0 Å². The molecule has 4 rings (SSSR count). The third-order valence-corrected chi connectivity index (χ3v) is 8.88. The zero-order valence-corrected chi connectivity index (χ0v) is 18.5. The number of aliphatic hydroxyl groups is 3. The maximum Gasteiger partial charge on any atom is 0.0602 e. The molecule has 0 amide bonds.